The Morgan fingerprint density at radius 2 is 1.95 bits per heavy atom. The highest BCUT2D eigenvalue weighted by molar-refractivity contribution is 6.33. The lowest BCUT2D eigenvalue weighted by Gasteiger charge is -2.25. The van der Waals surface area contributed by atoms with Crippen molar-refractivity contribution in [3.63, 3.8) is 0 Å². The van der Waals surface area contributed by atoms with E-state index in [0.29, 0.717) is 17.3 Å². The molecule has 1 aliphatic heterocycles. The number of piperidine rings is 1. The van der Waals surface area contributed by atoms with Crippen LogP contribution in [0.3, 0.4) is 0 Å². The Morgan fingerprint density at radius 3 is 2.65 bits per heavy atom. The van der Waals surface area contributed by atoms with Crippen LogP contribution in [0.5, 0.6) is 0 Å². The highest BCUT2D eigenvalue weighted by Gasteiger charge is 2.11. The van der Waals surface area contributed by atoms with Crippen LogP contribution in [0.4, 0.5) is 10.5 Å². The summed E-state index contributed by atoms with van der Waals surface area (Å²) in [7, 11) is 0. The van der Waals surface area contributed by atoms with Crippen LogP contribution >= 0.6 is 11.6 Å². The number of hydrogen-bond donors (Lipinski definition) is 1. The molecule has 1 saturated heterocycles. The van der Waals surface area contributed by atoms with E-state index in [0.717, 1.165) is 19.6 Å². The van der Waals surface area contributed by atoms with Crippen LogP contribution in [0.25, 0.3) is 0 Å². The fourth-order valence-electron chi connectivity index (χ4n) is 2.16. The minimum atomic E-state index is -0.454. The van der Waals surface area contributed by atoms with E-state index in [1.165, 1.54) is 19.3 Å². The normalized spacial score (nSPS) is 15.2. The predicted molar refractivity (Wildman–Crippen MR) is 76.7 cm³/mol. The predicted octanol–water partition coefficient (Wildman–Crippen LogP) is 0.378. The highest BCUT2D eigenvalue weighted by Crippen LogP contribution is 2.20. The molecule has 0 radical (unpaired) electrons. The van der Waals surface area contributed by atoms with Gasteiger partial charge in [0.15, 0.2) is 0 Å². The van der Waals surface area contributed by atoms with Gasteiger partial charge in [-0.25, -0.2) is 4.79 Å². The van der Waals surface area contributed by atoms with Crippen LogP contribution in [-0.4, -0.2) is 37.2 Å². The summed E-state index contributed by atoms with van der Waals surface area (Å²) in [4.78, 5) is 13.9. The van der Waals surface area contributed by atoms with Gasteiger partial charge in [0.05, 0.1) is 10.7 Å². The highest BCUT2D eigenvalue weighted by atomic mass is 35.5. The van der Waals surface area contributed by atoms with Crippen LogP contribution in [0, 0.1) is 0 Å². The average Bonchev–Trinajstić information content (AvgIpc) is 2.43. The summed E-state index contributed by atoms with van der Waals surface area (Å²) in [6, 6.07) is 7.10. The molecule has 0 unspecified atom stereocenters. The second-order valence-electron chi connectivity index (χ2n) is 4.64. The van der Waals surface area contributed by atoms with Gasteiger partial charge in [0.2, 0.25) is 0 Å². The molecule has 0 atom stereocenters. The molecule has 4 nitrogen and oxygen atoms in total. The van der Waals surface area contributed by atoms with Crippen molar-refractivity contribution in [1.82, 2.24) is 4.90 Å². The third-order valence-electron chi connectivity index (χ3n) is 3.20. The molecule has 1 aliphatic rings. The monoisotopic (exact) mass is 317 g/mol. The van der Waals surface area contributed by atoms with Crippen LogP contribution in [0.15, 0.2) is 24.3 Å². The number of likely N-dealkylation sites (tertiary alicyclic amines) is 1. The summed E-state index contributed by atoms with van der Waals surface area (Å²) in [5, 5.41) is 3.15. The number of hydrogen-bond acceptors (Lipinski definition) is 3. The Bertz CT molecular complexity index is 423. The maximum Gasteiger partial charge on any atom is 0.411 e. The van der Waals surface area contributed by atoms with E-state index < -0.39 is 6.09 Å². The minimum absolute atomic E-state index is 0. The first-order chi connectivity index (χ1) is 9.25. The van der Waals surface area contributed by atoms with Crippen LogP contribution in [0.1, 0.15) is 19.3 Å². The Kier molecular flexibility index (Phi) is 7.73. The molecule has 112 valence electrons. The molecular formula is C14H19Cl2N2O2-. The lowest BCUT2D eigenvalue weighted by molar-refractivity contribution is -0.00000945. The van der Waals surface area contributed by atoms with Crippen LogP contribution in [0.2, 0.25) is 5.02 Å². The number of para-hydroxylation sites is 1. The van der Waals surface area contributed by atoms with E-state index in [4.69, 9.17) is 16.3 Å². The molecule has 0 bridgehead atoms. The molecular weight excluding hydrogens is 299 g/mol. The van der Waals surface area contributed by atoms with Crippen molar-refractivity contribution < 1.29 is 21.9 Å². The maximum absolute atomic E-state index is 11.6. The number of ether oxygens (including phenoxy) is 1. The van der Waals surface area contributed by atoms with E-state index >= 15 is 0 Å². The second-order valence-corrected chi connectivity index (χ2v) is 5.05. The van der Waals surface area contributed by atoms with Gasteiger partial charge in [-0.1, -0.05) is 30.2 Å². The van der Waals surface area contributed by atoms with E-state index in [9.17, 15) is 4.79 Å². The topological polar surface area (TPSA) is 41.6 Å². The number of amides is 1. The molecule has 1 aromatic rings. The minimum Gasteiger partial charge on any atom is -1.00 e. The molecule has 1 aromatic carbocycles. The largest absolute Gasteiger partial charge is 1.00 e. The zero-order valence-corrected chi connectivity index (χ0v) is 12.8. The number of rotatable bonds is 4. The van der Waals surface area contributed by atoms with Crippen molar-refractivity contribution >= 4 is 23.4 Å². The summed E-state index contributed by atoms with van der Waals surface area (Å²) in [5.74, 6) is 0. The third kappa shape index (κ3) is 5.57. The quantitative estimate of drug-likeness (QED) is 0.873. The van der Waals surface area contributed by atoms with Gasteiger partial charge in [-0.3, -0.25) is 10.2 Å². The van der Waals surface area contributed by atoms with Gasteiger partial charge in [-0.15, -0.1) is 0 Å². The molecule has 0 spiro atoms. The molecule has 1 N–H and O–H groups in total. The lowest BCUT2D eigenvalue weighted by Crippen LogP contribution is -3.00. The van der Waals surface area contributed by atoms with E-state index in [1.807, 2.05) is 12.1 Å². The molecule has 0 aromatic heterocycles. The van der Waals surface area contributed by atoms with Crippen molar-refractivity contribution in [2.75, 3.05) is 31.6 Å². The number of carbonyl (C=O) groups excluding carboxylic acids is 1. The van der Waals surface area contributed by atoms with Crippen molar-refractivity contribution in [2.45, 2.75) is 19.3 Å². The van der Waals surface area contributed by atoms with E-state index in [2.05, 4.69) is 10.2 Å². The van der Waals surface area contributed by atoms with Gasteiger partial charge in [-0.2, -0.15) is 0 Å². The molecule has 2 rings (SSSR count). The number of carbonyl (C=O) groups is 1. The van der Waals surface area contributed by atoms with Gasteiger partial charge < -0.3 is 17.1 Å². The summed E-state index contributed by atoms with van der Waals surface area (Å²) in [6.07, 6.45) is 3.34. The number of nitrogens with zero attached hydrogens (tertiary/aromatic N) is 1. The molecule has 1 fully saturated rings. The van der Waals surface area contributed by atoms with E-state index in [-0.39, 0.29) is 12.4 Å². The summed E-state index contributed by atoms with van der Waals surface area (Å²) >= 11 is 5.95. The van der Waals surface area contributed by atoms with Gasteiger partial charge >= 0.3 is 6.09 Å². The van der Waals surface area contributed by atoms with Crippen LogP contribution in [-0.2, 0) is 4.74 Å². The fraction of sp³-hybridized carbons (Fsp3) is 0.500. The molecule has 0 saturated carbocycles. The summed E-state index contributed by atoms with van der Waals surface area (Å²) in [6.45, 7) is 3.43. The molecule has 20 heavy (non-hydrogen) atoms. The van der Waals surface area contributed by atoms with Crippen molar-refractivity contribution in [2.24, 2.45) is 0 Å². The lowest BCUT2D eigenvalue weighted by atomic mass is 10.1. The third-order valence-corrected chi connectivity index (χ3v) is 3.53. The van der Waals surface area contributed by atoms with Crippen molar-refractivity contribution in [3.8, 4) is 0 Å². The first kappa shape index (κ1) is 17.1. The first-order valence-electron chi connectivity index (χ1n) is 6.66. The SMILES string of the molecule is O=C(Nc1ccccc1Cl)OCCN1CCCCC1.[Cl-]. The molecule has 1 amide bonds. The molecule has 6 heteroatoms. The number of nitrogens with one attached hydrogen (secondary N) is 1. The maximum atomic E-state index is 11.6. The summed E-state index contributed by atoms with van der Waals surface area (Å²) in [5.41, 5.74) is 0.576. The average molecular weight is 318 g/mol. The van der Waals surface area contributed by atoms with Crippen molar-refractivity contribution in [1.29, 1.82) is 0 Å². The number of halogens is 2. The fourth-order valence-corrected chi connectivity index (χ4v) is 2.34. The standard InChI is InChI=1S/C14H19ClN2O2.ClH/c15-12-6-2-3-7-13(12)16-14(18)19-11-10-17-8-4-1-5-9-17;/h2-3,6-7H,1,4-5,8-11H2,(H,16,18);1H/p-1. The summed E-state index contributed by atoms with van der Waals surface area (Å²) < 4.78 is 5.15. The number of benzene rings is 1. The Labute approximate surface area is 130 Å². The van der Waals surface area contributed by atoms with Gasteiger partial charge in [0, 0.05) is 6.54 Å². The number of anilines is 1. The Balaban J connectivity index is 0.00000200. The van der Waals surface area contributed by atoms with Crippen molar-refractivity contribution in [3.05, 3.63) is 29.3 Å². The van der Waals surface area contributed by atoms with Gasteiger partial charge in [0.1, 0.15) is 6.61 Å². The zero-order valence-electron chi connectivity index (χ0n) is 11.3. The molecule has 1 heterocycles. The first-order valence-corrected chi connectivity index (χ1v) is 7.04. The Morgan fingerprint density at radius 1 is 1.25 bits per heavy atom. The molecule has 0 aliphatic carbocycles. The van der Waals surface area contributed by atoms with Crippen LogP contribution < -0.4 is 17.7 Å². The Hall–Kier alpha value is -0.970. The second kappa shape index (κ2) is 9.06. The van der Waals surface area contributed by atoms with Gasteiger partial charge in [-0.05, 0) is 38.1 Å². The van der Waals surface area contributed by atoms with E-state index in [1.54, 1.807) is 12.1 Å². The zero-order chi connectivity index (χ0) is 13.5. The smallest absolute Gasteiger partial charge is 0.411 e. The van der Waals surface area contributed by atoms with Gasteiger partial charge in [0.25, 0.3) is 0 Å².